The maximum absolute atomic E-state index is 15.1. The maximum Gasteiger partial charge on any atom is 0.407 e. The Labute approximate surface area is 686 Å². The number of anilines is 2. The maximum atomic E-state index is 15.1. The molecular formula is C84H123N13O18S. The summed E-state index contributed by atoms with van der Waals surface area (Å²) in [6.07, 6.45) is 3.94. The second-order valence-electron chi connectivity index (χ2n) is 30.5. The van der Waals surface area contributed by atoms with E-state index in [2.05, 4.69) is 61.3 Å². The van der Waals surface area contributed by atoms with Gasteiger partial charge in [0.05, 0.1) is 89.2 Å². The van der Waals surface area contributed by atoms with Crippen LogP contribution in [-0.2, 0) is 79.8 Å². The number of carbonyl (C=O) groups excluding carboxylic acids is 10. The zero-order chi connectivity index (χ0) is 84.7. The van der Waals surface area contributed by atoms with Gasteiger partial charge in [0.15, 0.2) is 6.10 Å². The standard InChI is InChI=1S/C84H123N13O18S/c1-12-14-21-41-114-97(80(105)74(57(7)13-2)94-77(103)67-28-19-20-40-95(67)11)68(55(3)4)51-69(115-83(109)86-10)79-92-65(54-116-79)76(102)90-63(52-84(8,9)81(106)107)50-58-29-33-62(34-30-58)89-75(101)64(26-22-38-88-82(85)108)91-78(104)73(56(5)6)93-71(99)37-42-110-44-46-112-48-49-113-47-45-111-43-39-87-70(98)35-36-72(100)96-53-61-25-16-15-23-59(61)31-32-60-24-17-18-27-66(60)96/h15-18,23-25,27,29-30,33-34,54-57,63-64,67-69,73-74H,12-14,19-22,26,28,35-53H2,1-11H3,(H,86,109)(H,87,98)(H,89,101)(H,90,102)(H,91,104)(H,93,99)(H,94,103)(H,106,107)(H3,85,88,108)/t57-,63-,64-,67+,68+,69+,73-,74-/m0/s1. The molecule has 31 nitrogen and oxygen atoms in total. The van der Waals surface area contributed by atoms with E-state index in [0.717, 1.165) is 60.3 Å². The number of likely N-dealkylation sites (tertiary alicyclic amines) is 1. The second-order valence-corrected chi connectivity index (χ2v) is 31.4. The number of carbonyl (C=O) groups is 11. The predicted molar refractivity (Wildman–Crippen MR) is 439 cm³/mol. The number of aromatic nitrogens is 1. The molecule has 638 valence electrons. The van der Waals surface area contributed by atoms with Crippen LogP contribution in [0.2, 0.25) is 0 Å². The Kier molecular flexibility index (Phi) is 41.1. The molecule has 116 heavy (non-hydrogen) atoms. The number of primary amides is 1. The van der Waals surface area contributed by atoms with Crippen LogP contribution in [0, 0.1) is 35.0 Å². The molecule has 0 bridgehead atoms. The average molecular weight is 1640 g/mol. The van der Waals surface area contributed by atoms with E-state index in [9.17, 15) is 53.1 Å². The van der Waals surface area contributed by atoms with Crippen molar-refractivity contribution in [2.75, 3.05) is 103 Å². The number of nitrogens with two attached hydrogens (primary N) is 1. The third-order valence-electron chi connectivity index (χ3n) is 20.2. The predicted octanol–water partition coefficient (Wildman–Crippen LogP) is 8.07. The molecule has 1 fully saturated rings. The number of hydroxylamine groups is 2. The highest BCUT2D eigenvalue weighted by molar-refractivity contribution is 7.09. The highest BCUT2D eigenvalue weighted by Gasteiger charge is 2.41. The first-order valence-corrected chi connectivity index (χ1v) is 41.4. The van der Waals surface area contributed by atoms with Crippen LogP contribution in [0.5, 0.6) is 0 Å². The second kappa shape index (κ2) is 50.1. The lowest BCUT2D eigenvalue weighted by Crippen LogP contribution is -2.58. The Morgan fingerprint density at radius 2 is 1.37 bits per heavy atom. The molecule has 3 heterocycles. The van der Waals surface area contributed by atoms with Crippen LogP contribution in [0.15, 0.2) is 78.2 Å². The Morgan fingerprint density at radius 3 is 2.02 bits per heavy atom. The number of carboxylic acids is 1. The van der Waals surface area contributed by atoms with Crippen LogP contribution < -0.4 is 53.2 Å². The normalized spacial score (nSPS) is 15.2. The minimum atomic E-state index is -1.33. The van der Waals surface area contributed by atoms with Gasteiger partial charge in [-0.05, 0) is 132 Å². The summed E-state index contributed by atoms with van der Waals surface area (Å²) in [6, 6.07) is 16.0. The molecule has 8 atom stereocenters. The van der Waals surface area contributed by atoms with Crippen LogP contribution in [0.3, 0.4) is 0 Å². The van der Waals surface area contributed by atoms with Crippen LogP contribution >= 0.6 is 11.3 Å². The van der Waals surface area contributed by atoms with Crippen molar-refractivity contribution < 1.29 is 86.4 Å². The summed E-state index contributed by atoms with van der Waals surface area (Å²) in [5.74, 6) is 0.829. The minimum Gasteiger partial charge on any atom is -0.481 e. The number of amides is 11. The molecule has 3 aromatic carbocycles. The zero-order valence-electron chi connectivity index (χ0n) is 69.2. The summed E-state index contributed by atoms with van der Waals surface area (Å²) in [6.45, 7) is 19.8. The van der Waals surface area contributed by atoms with Gasteiger partial charge in [0.25, 0.3) is 11.8 Å². The fourth-order valence-corrected chi connectivity index (χ4v) is 14.0. The lowest BCUT2D eigenvalue weighted by molar-refractivity contribution is -0.212. The SMILES string of the molecule is CCCCCON(C(=O)[C@@H](NC(=O)[C@H]1CCCCN1C)[C@@H](C)CC)[C@H](C[C@@H](OC(=O)NC)c1nc(C(=O)N[C@@H](Cc2ccc(NC(=O)[C@H](CCCNC(N)=O)NC(=O)[C@@H](NC(=O)CCOCCOCCOCCOCCNC(=O)CCC(=O)N3Cc4ccccc4C#Cc4ccccc43)C(C)C)cc2)CC(C)(C)C(=O)O)cs1)C(C)C. The molecule has 32 heteroatoms. The number of hydrogen-bond donors (Lipinski definition) is 10. The summed E-state index contributed by atoms with van der Waals surface area (Å²) in [4.78, 5) is 163. The summed E-state index contributed by atoms with van der Waals surface area (Å²) in [5.41, 5.74) is 8.15. The number of rotatable bonds is 51. The number of alkyl carbamates (subject to hydrolysis) is 1. The molecule has 0 radical (unpaired) electrons. The molecule has 0 saturated carbocycles. The highest BCUT2D eigenvalue weighted by atomic mass is 32.1. The van der Waals surface area contributed by atoms with Gasteiger partial charge in [-0.25, -0.2) is 19.6 Å². The van der Waals surface area contributed by atoms with Crippen molar-refractivity contribution in [2.45, 2.75) is 208 Å². The number of piperidine rings is 1. The number of hydrogen-bond acceptors (Lipinski definition) is 20. The van der Waals surface area contributed by atoms with Crippen molar-refractivity contribution in [3.63, 3.8) is 0 Å². The number of ether oxygens (including phenoxy) is 5. The molecule has 1 aromatic heterocycles. The lowest BCUT2D eigenvalue weighted by atomic mass is 9.84. The molecule has 1 saturated heterocycles. The van der Waals surface area contributed by atoms with E-state index in [0.29, 0.717) is 49.4 Å². The van der Waals surface area contributed by atoms with Gasteiger partial charge in [0.2, 0.25) is 35.4 Å². The largest absolute Gasteiger partial charge is 0.481 e. The molecular weight excluding hydrogens is 1510 g/mol. The number of benzene rings is 3. The van der Waals surface area contributed by atoms with E-state index in [1.807, 2.05) is 88.2 Å². The minimum absolute atomic E-state index is 0.00859. The molecule has 4 aromatic rings. The number of fused-ring (bicyclic) bond motifs is 2. The number of thiazole rings is 1. The van der Waals surface area contributed by atoms with Crippen LogP contribution in [-0.4, -0.2) is 215 Å². The van der Waals surface area contributed by atoms with E-state index in [1.165, 1.54) is 17.5 Å². The molecule has 6 rings (SSSR count). The van der Waals surface area contributed by atoms with E-state index >= 15 is 4.79 Å². The van der Waals surface area contributed by atoms with Crippen molar-refractivity contribution in [2.24, 2.45) is 28.9 Å². The first kappa shape index (κ1) is 95.2. The number of likely N-dealkylation sites (N-methyl/N-ethyl adjacent to an activating group) is 1. The van der Waals surface area contributed by atoms with Crippen LogP contribution in [0.25, 0.3) is 0 Å². The fourth-order valence-electron chi connectivity index (χ4n) is 13.1. The van der Waals surface area contributed by atoms with Crippen molar-refractivity contribution in [3.8, 4) is 11.8 Å². The number of nitrogens with zero attached hydrogens (tertiary/aromatic N) is 4. The number of urea groups is 1. The van der Waals surface area contributed by atoms with Gasteiger partial charge in [0, 0.05) is 74.1 Å². The molecule has 0 spiro atoms. The summed E-state index contributed by atoms with van der Waals surface area (Å²) in [7, 11) is 3.31. The smallest absolute Gasteiger partial charge is 0.407 e. The monoisotopic (exact) mass is 1630 g/mol. The molecule has 2 aliphatic heterocycles. The number of nitrogens with one attached hydrogen (secondary N) is 8. The van der Waals surface area contributed by atoms with Gasteiger partial charge in [-0.3, -0.25) is 52.9 Å². The van der Waals surface area contributed by atoms with Gasteiger partial charge in [-0.2, -0.15) is 0 Å². The highest BCUT2D eigenvalue weighted by Crippen LogP contribution is 2.34. The van der Waals surface area contributed by atoms with E-state index in [-0.39, 0.29) is 158 Å². The summed E-state index contributed by atoms with van der Waals surface area (Å²) < 4.78 is 28.4. The van der Waals surface area contributed by atoms with Crippen molar-refractivity contribution >= 4 is 88.1 Å². The number of unbranched alkanes of at least 4 members (excludes halogenated alkanes) is 2. The third kappa shape index (κ3) is 32.1. The van der Waals surface area contributed by atoms with Gasteiger partial charge in [0.1, 0.15) is 28.8 Å². The van der Waals surface area contributed by atoms with Crippen LogP contribution in [0.4, 0.5) is 21.0 Å². The first-order valence-electron chi connectivity index (χ1n) is 40.5. The number of aliphatic carboxylic acids is 1. The lowest BCUT2D eigenvalue weighted by Gasteiger charge is -2.39. The van der Waals surface area contributed by atoms with E-state index < -0.39 is 101 Å². The molecule has 0 unspecified atom stereocenters. The summed E-state index contributed by atoms with van der Waals surface area (Å²) in [5, 5.41) is 35.6. The number of para-hydroxylation sites is 1. The molecule has 11 amide bonds. The Morgan fingerprint density at radius 1 is 0.707 bits per heavy atom. The van der Waals surface area contributed by atoms with E-state index in [1.54, 1.807) is 56.9 Å². The zero-order valence-corrected chi connectivity index (χ0v) is 70.1. The van der Waals surface area contributed by atoms with Gasteiger partial charge >= 0.3 is 18.1 Å². The van der Waals surface area contributed by atoms with Gasteiger partial charge < -0.3 is 82.0 Å². The van der Waals surface area contributed by atoms with Gasteiger partial charge in [-0.15, -0.1) is 11.3 Å². The van der Waals surface area contributed by atoms with Gasteiger partial charge in [-0.1, -0.05) is 128 Å². The average Bonchev–Trinajstić information content (AvgIpc) is 1.40. The topological polar surface area (TPSA) is 408 Å². The fraction of sp³-hybridized carbons (Fsp3) is 0.595. The molecule has 0 aliphatic carbocycles. The molecule has 2 aliphatic rings. The number of carboxylic acid groups (broad SMARTS) is 1. The van der Waals surface area contributed by atoms with Crippen molar-refractivity contribution in [1.82, 2.24) is 52.2 Å². The Balaban J connectivity index is 0.965. The van der Waals surface area contributed by atoms with E-state index in [4.69, 9.17) is 39.2 Å². The third-order valence-corrected chi connectivity index (χ3v) is 21.1. The Hall–Kier alpha value is -9.62. The molecule has 11 N–H and O–H groups in total. The van der Waals surface area contributed by atoms with Crippen molar-refractivity contribution in [1.29, 1.82) is 0 Å². The quantitative estimate of drug-likeness (QED) is 0.0113. The first-order chi connectivity index (χ1) is 55.5. The van der Waals surface area contributed by atoms with Crippen molar-refractivity contribution in [3.05, 3.63) is 111 Å². The summed E-state index contributed by atoms with van der Waals surface area (Å²) >= 11 is 1.06. The van der Waals surface area contributed by atoms with Crippen LogP contribution in [0.1, 0.15) is 196 Å². The Bertz CT molecular complexity index is 3900.